The lowest BCUT2D eigenvalue weighted by Crippen LogP contribution is -1.59. The van der Waals surface area contributed by atoms with Crippen LogP contribution >= 0.6 is 50.5 Å². The van der Waals surface area contributed by atoms with Crippen LogP contribution in [0.1, 0.15) is 4.88 Å². The van der Waals surface area contributed by atoms with Crippen molar-refractivity contribution < 1.29 is 0 Å². The zero-order chi connectivity index (χ0) is 8.27. The monoisotopic (exact) mass is 270 g/mol. The predicted octanol–water partition coefficient (Wildman–Crippen LogP) is 4.42. The van der Waals surface area contributed by atoms with E-state index >= 15 is 0 Å². The van der Waals surface area contributed by atoms with Crippen LogP contribution < -0.4 is 0 Å². The number of allylic oxidation sites excluding steroid dienone is 1. The van der Waals surface area contributed by atoms with Crippen molar-refractivity contribution in [2.24, 2.45) is 0 Å². The molecule has 0 unspecified atom stereocenters. The van der Waals surface area contributed by atoms with Gasteiger partial charge in [0.15, 0.2) is 0 Å². The van der Waals surface area contributed by atoms with Crippen molar-refractivity contribution in [3.8, 4) is 0 Å². The van der Waals surface area contributed by atoms with E-state index in [4.69, 9.17) is 23.2 Å². The summed E-state index contributed by atoms with van der Waals surface area (Å²) in [6.07, 6.45) is 3.84. The van der Waals surface area contributed by atoms with Crippen LogP contribution in [0.15, 0.2) is 16.6 Å². The van der Waals surface area contributed by atoms with Crippen LogP contribution in [0.2, 0.25) is 4.34 Å². The summed E-state index contributed by atoms with van der Waals surface area (Å²) in [6.45, 7) is 0. The molecule has 1 aromatic rings. The van der Waals surface area contributed by atoms with Crippen LogP contribution in [0, 0.1) is 0 Å². The van der Waals surface area contributed by atoms with Crippen LogP contribution in [-0.4, -0.2) is 5.88 Å². The zero-order valence-electron chi connectivity index (χ0n) is 5.48. The molecule has 11 heavy (non-hydrogen) atoms. The van der Waals surface area contributed by atoms with Crippen LogP contribution in [0.5, 0.6) is 0 Å². The topological polar surface area (TPSA) is 0 Å². The van der Waals surface area contributed by atoms with Gasteiger partial charge in [-0.25, -0.2) is 0 Å². The summed E-state index contributed by atoms with van der Waals surface area (Å²) in [4.78, 5) is 1.11. The van der Waals surface area contributed by atoms with Crippen molar-refractivity contribution in [1.29, 1.82) is 0 Å². The van der Waals surface area contributed by atoms with Crippen molar-refractivity contribution in [2.75, 3.05) is 5.88 Å². The van der Waals surface area contributed by atoms with E-state index in [1.807, 2.05) is 18.2 Å². The third kappa shape index (κ3) is 2.79. The van der Waals surface area contributed by atoms with Gasteiger partial charge in [-0.2, -0.15) is 0 Å². The summed E-state index contributed by atoms with van der Waals surface area (Å²) in [7, 11) is 0. The fraction of sp³-hybridized carbons (Fsp3) is 0.143. The fourth-order valence-electron chi connectivity index (χ4n) is 0.606. The normalized spacial score (nSPS) is 11.2. The minimum absolute atomic E-state index is 0.535. The number of hydrogen-bond donors (Lipinski definition) is 0. The highest BCUT2D eigenvalue weighted by Crippen LogP contribution is 2.32. The molecule has 0 N–H and O–H groups in total. The van der Waals surface area contributed by atoms with Gasteiger partial charge in [0.05, 0.1) is 0 Å². The van der Waals surface area contributed by atoms with Gasteiger partial charge in [-0.3, -0.25) is 0 Å². The van der Waals surface area contributed by atoms with E-state index in [0.717, 1.165) is 13.7 Å². The fourth-order valence-corrected chi connectivity index (χ4v) is 2.36. The van der Waals surface area contributed by atoms with Crippen LogP contribution in [-0.2, 0) is 0 Å². The standard InChI is InChI=1S/C7H5BrCl2S/c8-6-4-5(2-1-3-9)11-7(6)10/h1-2,4H,3H2/b2-1+. The predicted molar refractivity (Wildman–Crippen MR) is 56.8 cm³/mol. The largest absolute Gasteiger partial charge is 0.123 e. The van der Waals surface area contributed by atoms with E-state index in [1.165, 1.54) is 11.3 Å². The first-order valence-corrected chi connectivity index (χ1v) is 5.43. The summed E-state index contributed by atoms with van der Waals surface area (Å²) >= 11 is 16.1. The Morgan fingerprint density at radius 1 is 1.64 bits per heavy atom. The van der Waals surface area contributed by atoms with E-state index in [1.54, 1.807) is 0 Å². The lowest BCUT2D eigenvalue weighted by molar-refractivity contribution is 1.78. The van der Waals surface area contributed by atoms with Gasteiger partial charge in [0.2, 0.25) is 0 Å². The van der Waals surface area contributed by atoms with Gasteiger partial charge in [0, 0.05) is 15.2 Å². The zero-order valence-corrected chi connectivity index (χ0v) is 9.40. The number of rotatable bonds is 2. The molecule has 0 aliphatic carbocycles. The number of halogens is 3. The van der Waals surface area contributed by atoms with Crippen molar-refractivity contribution >= 4 is 56.5 Å². The van der Waals surface area contributed by atoms with Gasteiger partial charge in [-0.1, -0.05) is 17.7 Å². The minimum atomic E-state index is 0.535. The molecular formula is C7H5BrCl2S. The Bertz CT molecular complexity index is 248. The summed E-state index contributed by atoms with van der Waals surface area (Å²) in [5, 5.41) is 0. The van der Waals surface area contributed by atoms with Gasteiger partial charge in [-0.15, -0.1) is 22.9 Å². The lowest BCUT2D eigenvalue weighted by Gasteiger charge is -1.78. The molecule has 0 nitrogen and oxygen atoms in total. The molecule has 60 valence electrons. The SMILES string of the molecule is ClC/C=C/c1cc(Br)c(Cl)s1. The van der Waals surface area contributed by atoms with Gasteiger partial charge in [-0.05, 0) is 28.1 Å². The molecular weight excluding hydrogens is 267 g/mol. The smallest absolute Gasteiger partial charge is 0.108 e. The molecule has 0 aliphatic rings. The average molecular weight is 272 g/mol. The van der Waals surface area contributed by atoms with Crippen LogP contribution in [0.4, 0.5) is 0 Å². The third-order valence-electron chi connectivity index (χ3n) is 1.04. The Labute approximate surface area is 88.0 Å². The maximum atomic E-state index is 5.81. The van der Waals surface area contributed by atoms with Gasteiger partial charge in [0.25, 0.3) is 0 Å². The van der Waals surface area contributed by atoms with Crippen molar-refractivity contribution in [3.63, 3.8) is 0 Å². The van der Waals surface area contributed by atoms with E-state index in [9.17, 15) is 0 Å². The maximum Gasteiger partial charge on any atom is 0.108 e. The quantitative estimate of drug-likeness (QED) is 0.699. The lowest BCUT2D eigenvalue weighted by atomic mass is 10.4. The Morgan fingerprint density at radius 3 is 2.82 bits per heavy atom. The van der Waals surface area contributed by atoms with Crippen molar-refractivity contribution in [1.82, 2.24) is 0 Å². The summed E-state index contributed by atoms with van der Waals surface area (Å²) in [5.41, 5.74) is 0. The second-order valence-electron chi connectivity index (χ2n) is 1.83. The third-order valence-corrected chi connectivity index (χ3v) is 3.65. The van der Waals surface area contributed by atoms with Gasteiger partial charge < -0.3 is 0 Å². The summed E-state index contributed by atoms with van der Waals surface area (Å²) in [5.74, 6) is 0.535. The summed E-state index contributed by atoms with van der Waals surface area (Å²) in [6, 6.07) is 1.97. The molecule has 0 saturated carbocycles. The minimum Gasteiger partial charge on any atom is -0.123 e. The molecule has 1 rings (SSSR count). The van der Waals surface area contributed by atoms with Crippen molar-refractivity contribution in [3.05, 3.63) is 25.8 Å². The Kier molecular flexibility index (Phi) is 3.93. The van der Waals surface area contributed by atoms with E-state index in [-0.39, 0.29) is 0 Å². The molecule has 0 aromatic carbocycles. The highest BCUT2D eigenvalue weighted by Gasteiger charge is 2.00. The Morgan fingerprint density at radius 2 is 2.36 bits per heavy atom. The van der Waals surface area contributed by atoms with Crippen molar-refractivity contribution in [2.45, 2.75) is 0 Å². The molecule has 0 saturated heterocycles. The van der Waals surface area contributed by atoms with E-state index in [2.05, 4.69) is 15.9 Å². The molecule has 0 aliphatic heterocycles. The Hall–Kier alpha value is 0.500. The molecule has 0 spiro atoms. The molecule has 4 heteroatoms. The highest BCUT2D eigenvalue weighted by atomic mass is 79.9. The highest BCUT2D eigenvalue weighted by molar-refractivity contribution is 9.10. The number of thiophene rings is 1. The molecule has 0 radical (unpaired) electrons. The Balaban J connectivity index is 2.80. The van der Waals surface area contributed by atoms with Gasteiger partial charge >= 0.3 is 0 Å². The first-order chi connectivity index (χ1) is 5.24. The molecule has 1 heterocycles. The number of hydrogen-bond acceptors (Lipinski definition) is 1. The first kappa shape index (κ1) is 9.59. The summed E-state index contributed by atoms with van der Waals surface area (Å²) < 4.78 is 1.72. The second kappa shape index (κ2) is 4.51. The van der Waals surface area contributed by atoms with Crippen LogP contribution in [0.25, 0.3) is 6.08 Å². The molecule has 1 aromatic heterocycles. The number of alkyl halides is 1. The molecule has 0 bridgehead atoms. The maximum absolute atomic E-state index is 5.81. The second-order valence-corrected chi connectivity index (χ2v) is 4.68. The van der Waals surface area contributed by atoms with E-state index in [0.29, 0.717) is 5.88 Å². The average Bonchev–Trinajstić information content (AvgIpc) is 2.28. The van der Waals surface area contributed by atoms with Gasteiger partial charge in [0.1, 0.15) is 4.34 Å². The van der Waals surface area contributed by atoms with E-state index < -0.39 is 0 Å². The molecule has 0 atom stereocenters. The first-order valence-electron chi connectivity index (χ1n) is 2.91. The molecule has 0 amide bonds. The van der Waals surface area contributed by atoms with Crippen LogP contribution in [0.3, 0.4) is 0 Å². The molecule has 0 fully saturated rings.